The molecule has 0 radical (unpaired) electrons. The van der Waals surface area contributed by atoms with E-state index in [4.69, 9.17) is 14.6 Å². The van der Waals surface area contributed by atoms with Crippen LogP contribution in [0.3, 0.4) is 0 Å². The van der Waals surface area contributed by atoms with Crippen molar-refractivity contribution in [3.05, 3.63) is 0 Å². The standard InChI is InChI=1S/C39H72N4O10/c1-12-37(6,7)33(47)28(43-36(3,4)5)15-13-14-23-40-31(45)20-21-38(8,9)52-25-22-39(10,11)53-26-24-41-30(44)19-17-29(35(50)51)42-32(46)18-16-27(2)34(48)49/h27-29,43H,12-26H2,1-11H3,(H,40,45)(H,41,44)(H,42,46)(H,48,49)(H,50,51)/t27?,28-,29-/m0/s1. The molecule has 0 rings (SSSR count). The van der Waals surface area contributed by atoms with E-state index in [0.717, 1.165) is 25.7 Å². The summed E-state index contributed by atoms with van der Waals surface area (Å²) in [6.07, 6.45) is 4.28. The Morgan fingerprint density at radius 1 is 0.623 bits per heavy atom. The number of hydrogen-bond donors (Lipinski definition) is 6. The largest absolute Gasteiger partial charge is 0.481 e. The van der Waals surface area contributed by atoms with Crippen molar-refractivity contribution in [1.82, 2.24) is 21.3 Å². The van der Waals surface area contributed by atoms with Gasteiger partial charge in [0, 0.05) is 43.3 Å². The maximum atomic E-state index is 13.2. The molecule has 0 aromatic heterocycles. The third kappa shape index (κ3) is 24.0. The predicted octanol–water partition coefficient (Wildman–Crippen LogP) is 4.76. The topological polar surface area (TPSA) is 209 Å². The zero-order chi connectivity index (χ0) is 41.0. The molecule has 0 aliphatic carbocycles. The Bertz CT molecular complexity index is 1180. The van der Waals surface area contributed by atoms with E-state index in [-0.39, 0.29) is 73.4 Å². The number of carboxylic acids is 2. The SMILES string of the molecule is CCC(C)(C)C(=O)[C@H](CCCCNC(=O)CCC(C)(C)OCCC(C)(C)OCCNC(=O)CC[C@H](NC(=O)CCC(C)C(=O)O)C(=O)O)NC(C)(C)C. The molecule has 308 valence electrons. The van der Waals surface area contributed by atoms with Gasteiger partial charge in [0.1, 0.15) is 6.04 Å². The average Bonchev–Trinajstić information content (AvgIpc) is 3.04. The second-order valence-electron chi connectivity index (χ2n) is 17.0. The summed E-state index contributed by atoms with van der Waals surface area (Å²) >= 11 is 0. The van der Waals surface area contributed by atoms with E-state index >= 15 is 0 Å². The normalized spacial score (nSPS) is 14.2. The minimum atomic E-state index is -1.28. The van der Waals surface area contributed by atoms with Gasteiger partial charge in [0.15, 0.2) is 5.78 Å². The lowest BCUT2D eigenvalue weighted by atomic mass is 9.80. The second kappa shape index (κ2) is 23.6. The number of hydrogen-bond acceptors (Lipinski definition) is 9. The number of Topliss-reactive ketones (excluding diaryl/α,β-unsaturated/α-hetero) is 1. The molecular weight excluding hydrogens is 684 g/mol. The zero-order valence-corrected chi connectivity index (χ0v) is 34.5. The predicted molar refractivity (Wildman–Crippen MR) is 204 cm³/mol. The number of ketones is 1. The van der Waals surface area contributed by atoms with Crippen LogP contribution in [0.1, 0.15) is 147 Å². The molecule has 14 nitrogen and oxygen atoms in total. The van der Waals surface area contributed by atoms with Gasteiger partial charge in [0.2, 0.25) is 17.7 Å². The van der Waals surface area contributed by atoms with E-state index in [2.05, 4.69) is 42.0 Å². The first-order valence-corrected chi connectivity index (χ1v) is 19.2. The van der Waals surface area contributed by atoms with Crippen molar-refractivity contribution in [2.75, 3.05) is 26.3 Å². The average molecular weight is 757 g/mol. The summed E-state index contributed by atoms with van der Waals surface area (Å²) in [5.41, 5.74) is -1.63. The first-order chi connectivity index (χ1) is 24.3. The summed E-state index contributed by atoms with van der Waals surface area (Å²) in [5.74, 6) is -3.81. The minimum Gasteiger partial charge on any atom is -0.481 e. The fraction of sp³-hybridized carbons (Fsp3) is 0.846. The maximum Gasteiger partial charge on any atom is 0.326 e. The Labute approximate surface area is 318 Å². The lowest BCUT2D eigenvalue weighted by Gasteiger charge is -2.33. The van der Waals surface area contributed by atoms with Gasteiger partial charge in [-0.25, -0.2) is 4.79 Å². The molecule has 0 fully saturated rings. The van der Waals surface area contributed by atoms with Gasteiger partial charge < -0.3 is 41.0 Å². The summed E-state index contributed by atoms with van der Waals surface area (Å²) in [7, 11) is 0. The molecule has 0 saturated carbocycles. The highest BCUT2D eigenvalue weighted by atomic mass is 16.5. The fourth-order valence-corrected chi connectivity index (χ4v) is 5.24. The van der Waals surface area contributed by atoms with Crippen LogP contribution in [0.15, 0.2) is 0 Å². The number of aliphatic carboxylic acids is 2. The number of nitrogens with one attached hydrogen (secondary N) is 4. The van der Waals surface area contributed by atoms with Crippen molar-refractivity contribution in [2.45, 2.75) is 176 Å². The Morgan fingerprint density at radius 2 is 1.17 bits per heavy atom. The molecule has 0 aromatic carbocycles. The maximum absolute atomic E-state index is 13.2. The van der Waals surface area contributed by atoms with Gasteiger partial charge in [-0.1, -0.05) is 27.7 Å². The van der Waals surface area contributed by atoms with Crippen LogP contribution < -0.4 is 21.3 Å². The van der Waals surface area contributed by atoms with Gasteiger partial charge in [-0.2, -0.15) is 0 Å². The number of amides is 3. The number of carboxylic acid groups (broad SMARTS) is 2. The van der Waals surface area contributed by atoms with Crippen molar-refractivity contribution in [2.24, 2.45) is 11.3 Å². The molecular formula is C39H72N4O10. The van der Waals surface area contributed by atoms with Gasteiger partial charge >= 0.3 is 11.9 Å². The van der Waals surface area contributed by atoms with Crippen LogP contribution in [0.4, 0.5) is 0 Å². The molecule has 0 aliphatic rings. The van der Waals surface area contributed by atoms with E-state index in [0.29, 0.717) is 32.4 Å². The second-order valence-corrected chi connectivity index (χ2v) is 17.0. The van der Waals surface area contributed by atoms with Crippen molar-refractivity contribution in [3.8, 4) is 0 Å². The first kappa shape index (κ1) is 49.9. The molecule has 0 aliphatic heterocycles. The molecule has 3 atom stereocenters. The molecule has 1 unspecified atom stereocenters. The van der Waals surface area contributed by atoms with Gasteiger partial charge in [0.25, 0.3) is 0 Å². The molecule has 0 spiro atoms. The van der Waals surface area contributed by atoms with E-state index < -0.39 is 41.0 Å². The quantitative estimate of drug-likeness (QED) is 0.0573. The third-order valence-electron chi connectivity index (χ3n) is 9.30. The van der Waals surface area contributed by atoms with Gasteiger partial charge in [0.05, 0.1) is 36.4 Å². The molecule has 0 aromatic rings. The highest BCUT2D eigenvalue weighted by Gasteiger charge is 2.33. The summed E-state index contributed by atoms with van der Waals surface area (Å²) in [6.45, 7) is 22.8. The van der Waals surface area contributed by atoms with Crippen molar-refractivity contribution < 1.29 is 48.5 Å². The Hall–Kier alpha value is -3.10. The van der Waals surface area contributed by atoms with Crippen LogP contribution in [0, 0.1) is 11.3 Å². The van der Waals surface area contributed by atoms with Gasteiger partial charge in [-0.05, 0) is 99.8 Å². The Kier molecular flexibility index (Phi) is 22.3. The monoisotopic (exact) mass is 757 g/mol. The highest BCUT2D eigenvalue weighted by Crippen LogP contribution is 2.25. The number of rotatable bonds is 29. The third-order valence-corrected chi connectivity index (χ3v) is 9.30. The molecule has 6 N–H and O–H groups in total. The van der Waals surface area contributed by atoms with E-state index in [9.17, 15) is 33.9 Å². The summed E-state index contributed by atoms with van der Waals surface area (Å²) in [4.78, 5) is 72.5. The van der Waals surface area contributed by atoms with Crippen molar-refractivity contribution in [3.63, 3.8) is 0 Å². The lowest BCUT2D eigenvalue weighted by molar-refractivity contribution is -0.143. The van der Waals surface area contributed by atoms with E-state index in [1.54, 1.807) is 0 Å². The number of carbonyl (C=O) groups is 6. The van der Waals surface area contributed by atoms with Crippen molar-refractivity contribution >= 4 is 35.4 Å². The summed E-state index contributed by atoms with van der Waals surface area (Å²) in [5, 5.41) is 29.8. The molecule has 14 heteroatoms. The molecule has 0 bridgehead atoms. The smallest absolute Gasteiger partial charge is 0.326 e. The number of carbonyl (C=O) groups excluding carboxylic acids is 4. The molecule has 53 heavy (non-hydrogen) atoms. The van der Waals surface area contributed by atoms with Gasteiger partial charge in [-0.15, -0.1) is 0 Å². The van der Waals surface area contributed by atoms with Crippen LogP contribution >= 0.6 is 0 Å². The fourth-order valence-electron chi connectivity index (χ4n) is 5.24. The minimum absolute atomic E-state index is 0.0363. The number of unbranched alkanes of at least 4 members (excludes halogenated alkanes) is 1. The molecule has 0 saturated heterocycles. The van der Waals surface area contributed by atoms with Crippen LogP contribution in [-0.2, 0) is 38.2 Å². The van der Waals surface area contributed by atoms with Gasteiger partial charge in [-0.3, -0.25) is 24.0 Å². The molecule has 3 amide bonds. The van der Waals surface area contributed by atoms with Crippen LogP contribution in [0.25, 0.3) is 0 Å². The van der Waals surface area contributed by atoms with E-state index in [1.165, 1.54) is 6.92 Å². The lowest BCUT2D eigenvalue weighted by Crippen LogP contribution is -2.51. The van der Waals surface area contributed by atoms with Crippen LogP contribution in [-0.4, -0.2) is 101 Å². The first-order valence-electron chi connectivity index (χ1n) is 19.2. The van der Waals surface area contributed by atoms with Crippen LogP contribution in [0.2, 0.25) is 0 Å². The highest BCUT2D eigenvalue weighted by molar-refractivity contribution is 5.89. The van der Waals surface area contributed by atoms with Crippen molar-refractivity contribution in [1.29, 1.82) is 0 Å². The summed E-state index contributed by atoms with van der Waals surface area (Å²) in [6, 6.07) is -1.48. The van der Waals surface area contributed by atoms with Crippen LogP contribution in [0.5, 0.6) is 0 Å². The Morgan fingerprint density at radius 3 is 1.74 bits per heavy atom. The summed E-state index contributed by atoms with van der Waals surface area (Å²) < 4.78 is 12.0. The Balaban J connectivity index is 4.40. The zero-order valence-electron chi connectivity index (χ0n) is 34.5. The van der Waals surface area contributed by atoms with E-state index in [1.807, 2.05) is 48.5 Å². The molecule has 0 heterocycles. The number of ether oxygens (including phenoxy) is 2.